The molecule has 2 aliphatic heterocycles. The van der Waals surface area contributed by atoms with E-state index in [1.165, 1.54) is 22.1 Å². The fourth-order valence-corrected chi connectivity index (χ4v) is 9.22. The van der Waals surface area contributed by atoms with E-state index < -0.39 is 21.8 Å². The first-order valence-corrected chi connectivity index (χ1v) is 18.5. The van der Waals surface area contributed by atoms with Gasteiger partial charge >= 0.3 is 0 Å². The number of carbonyl (C=O) groups excluding carboxylic acids is 2. The second kappa shape index (κ2) is 13.4. The SMILES string of the molecule is CO[C@@H]1/C=C/C[C@H](C)[C@@H](CC(=O)N(C)C)C(=O)NS(=O)(=O)c2ccc3c(c2)N(C[C@@H]2CC[C@H]21)C[C@@]1(CCCc2cc(Cl)ccc21)CO3. The fourth-order valence-electron chi connectivity index (χ4n) is 7.98. The Morgan fingerprint density at radius 3 is 2.72 bits per heavy atom. The first-order chi connectivity index (χ1) is 22.4. The third kappa shape index (κ3) is 6.78. The highest BCUT2D eigenvalue weighted by molar-refractivity contribution is 7.90. The number of sulfonamides is 1. The lowest BCUT2D eigenvalue weighted by molar-refractivity contribution is -0.135. The number of amides is 2. The number of carbonyl (C=O) groups is 2. The molecular formula is C36H46ClN3O6S. The minimum absolute atomic E-state index is 0.0118. The largest absolute Gasteiger partial charge is 0.490 e. The molecule has 2 aromatic carbocycles. The van der Waals surface area contributed by atoms with Gasteiger partial charge < -0.3 is 19.3 Å². The molecule has 6 atom stereocenters. The van der Waals surface area contributed by atoms with E-state index in [-0.39, 0.29) is 34.7 Å². The Labute approximate surface area is 283 Å². The zero-order valence-electron chi connectivity index (χ0n) is 27.7. The van der Waals surface area contributed by atoms with Gasteiger partial charge in [0.05, 0.1) is 29.2 Å². The quantitative estimate of drug-likeness (QED) is 0.435. The number of ether oxygens (including phenoxy) is 2. The lowest BCUT2D eigenvalue weighted by atomic mass is 9.68. The van der Waals surface area contributed by atoms with E-state index in [0.29, 0.717) is 42.8 Å². The van der Waals surface area contributed by atoms with E-state index in [2.05, 4.69) is 27.8 Å². The number of nitrogens with zero attached hydrogens (tertiary/aromatic N) is 2. The number of rotatable bonds is 3. The molecule has 2 aliphatic carbocycles. The van der Waals surface area contributed by atoms with Gasteiger partial charge in [-0.3, -0.25) is 9.59 Å². The number of benzene rings is 2. The molecule has 1 N–H and O–H groups in total. The van der Waals surface area contributed by atoms with Gasteiger partial charge in [0.25, 0.3) is 10.0 Å². The molecule has 254 valence electrons. The van der Waals surface area contributed by atoms with E-state index in [0.717, 1.165) is 43.7 Å². The first-order valence-electron chi connectivity index (χ1n) is 16.7. The number of aryl methyl sites for hydroxylation is 1. The van der Waals surface area contributed by atoms with Gasteiger partial charge in [0, 0.05) is 51.2 Å². The van der Waals surface area contributed by atoms with Crippen molar-refractivity contribution in [3.8, 4) is 5.75 Å². The van der Waals surface area contributed by atoms with E-state index >= 15 is 0 Å². The van der Waals surface area contributed by atoms with Crippen molar-refractivity contribution in [1.82, 2.24) is 9.62 Å². The fraction of sp³-hybridized carbons (Fsp3) is 0.556. The maximum Gasteiger partial charge on any atom is 0.264 e. The predicted molar refractivity (Wildman–Crippen MR) is 182 cm³/mol. The van der Waals surface area contributed by atoms with E-state index in [4.69, 9.17) is 21.1 Å². The standard InChI is InChI=1S/C36H46ClN3O6S/c1-23-7-5-9-32(45-4)28-13-10-25(28)20-40-21-36(16-6-8-24-17-26(37)11-14-30(24)36)22-46-33-15-12-27(18-31(33)40)47(43,44)38-35(42)29(23)19-34(41)39(2)3/h5,9,11-12,14-15,17-18,23,25,28-29,32H,6-8,10,13,16,19-22H2,1-4H3,(H,38,42)/b9-5+/t23-,25-,28+,29+,32+,36-/m0/s1. The van der Waals surface area contributed by atoms with Crippen LogP contribution in [0.3, 0.4) is 0 Å². The van der Waals surface area contributed by atoms with Gasteiger partial charge in [-0.1, -0.05) is 36.7 Å². The summed E-state index contributed by atoms with van der Waals surface area (Å²) in [5.41, 5.74) is 2.88. The third-order valence-electron chi connectivity index (χ3n) is 10.9. The monoisotopic (exact) mass is 683 g/mol. The Hall–Kier alpha value is -3.08. The molecule has 2 aromatic rings. The number of hydrogen-bond acceptors (Lipinski definition) is 7. The highest BCUT2D eigenvalue weighted by Gasteiger charge is 2.44. The van der Waals surface area contributed by atoms with Crippen LogP contribution < -0.4 is 14.4 Å². The summed E-state index contributed by atoms with van der Waals surface area (Å²) in [5, 5.41) is 0.722. The number of anilines is 1. The summed E-state index contributed by atoms with van der Waals surface area (Å²) in [6, 6.07) is 11.0. The number of hydrogen-bond donors (Lipinski definition) is 1. The smallest absolute Gasteiger partial charge is 0.264 e. The van der Waals surface area contributed by atoms with Crippen molar-refractivity contribution in [1.29, 1.82) is 0 Å². The molecule has 0 saturated heterocycles. The summed E-state index contributed by atoms with van der Waals surface area (Å²) in [5.74, 6) is -0.800. The molecule has 6 rings (SSSR count). The summed E-state index contributed by atoms with van der Waals surface area (Å²) in [4.78, 5) is 30.1. The van der Waals surface area contributed by atoms with Crippen LogP contribution in [0.2, 0.25) is 5.02 Å². The van der Waals surface area contributed by atoms with Gasteiger partial charge in [-0.2, -0.15) is 0 Å². The molecule has 0 unspecified atom stereocenters. The maximum absolute atomic E-state index is 13.8. The van der Waals surface area contributed by atoms with Crippen LogP contribution in [-0.4, -0.2) is 72.1 Å². The average Bonchev–Trinajstić information content (AvgIpc) is 3.17. The summed E-state index contributed by atoms with van der Waals surface area (Å²) in [6.07, 6.45) is 9.40. The number of methoxy groups -OCH3 is 1. The molecule has 4 aliphatic rings. The molecule has 2 heterocycles. The van der Waals surface area contributed by atoms with Crippen molar-refractivity contribution < 1.29 is 27.5 Å². The minimum atomic E-state index is -4.25. The van der Waals surface area contributed by atoms with Crippen LogP contribution >= 0.6 is 11.6 Å². The van der Waals surface area contributed by atoms with Gasteiger partial charge in [0.1, 0.15) is 5.75 Å². The third-order valence-corrected chi connectivity index (χ3v) is 12.5. The molecule has 11 heteroatoms. The van der Waals surface area contributed by atoms with Crippen LogP contribution in [0.15, 0.2) is 53.4 Å². The van der Waals surface area contributed by atoms with Crippen molar-refractivity contribution in [2.75, 3.05) is 45.8 Å². The van der Waals surface area contributed by atoms with Crippen LogP contribution in [0.25, 0.3) is 0 Å². The summed E-state index contributed by atoms with van der Waals surface area (Å²) in [6.45, 7) is 3.73. The van der Waals surface area contributed by atoms with Crippen LogP contribution in [0.5, 0.6) is 5.75 Å². The zero-order valence-corrected chi connectivity index (χ0v) is 29.3. The van der Waals surface area contributed by atoms with Crippen LogP contribution in [0, 0.1) is 23.7 Å². The molecule has 2 amide bonds. The number of nitrogens with one attached hydrogen (secondary N) is 1. The Bertz CT molecular complexity index is 1660. The Balaban J connectivity index is 1.42. The molecule has 0 radical (unpaired) electrons. The normalized spacial score (nSPS) is 30.9. The number of allylic oxidation sites excluding steroid dienone is 1. The average molecular weight is 684 g/mol. The Morgan fingerprint density at radius 1 is 1.19 bits per heavy atom. The second-order valence-electron chi connectivity index (χ2n) is 14.1. The van der Waals surface area contributed by atoms with Crippen LogP contribution in [-0.2, 0) is 36.2 Å². The summed E-state index contributed by atoms with van der Waals surface area (Å²) < 4.78 is 42.5. The molecule has 2 bridgehead atoms. The molecule has 9 nitrogen and oxygen atoms in total. The molecule has 1 fully saturated rings. The van der Waals surface area contributed by atoms with Crippen LogP contribution in [0.4, 0.5) is 5.69 Å². The van der Waals surface area contributed by atoms with Crippen molar-refractivity contribution >= 4 is 39.1 Å². The Kier molecular flexibility index (Phi) is 9.67. The van der Waals surface area contributed by atoms with Gasteiger partial charge in [0.2, 0.25) is 11.8 Å². The van der Waals surface area contributed by atoms with E-state index in [9.17, 15) is 18.0 Å². The van der Waals surface area contributed by atoms with Gasteiger partial charge in [0.15, 0.2) is 0 Å². The second-order valence-corrected chi connectivity index (χ2v) is 16.3. The molecule has 0 aromatic heterocycles. The van der Waals surface area contributed by atoms with E-state index in [1.54, 1.807) is 33.3 Å². The van der Waals surface area contributed by atoms with Gasteiger partial charge in [-0.15, -0.1) is 0 Å². The molecule has 1 saturated carbocycles. The number of fused-ring (bicyclic) bond motifs is 4. The zero-order chi connectivity index (χ0) is 33.5. The first kappa shape index (κ1) is 33.8. The molecule has 1 spiro atoms. The number of halogens is 1. The van der Waals surface area contributed by atoms with E-state index in [1.807, 2.05) is 19.1 Å². The lowest BCUT2D eigenvalue weighted by Crippen LogP contribution is -2.49. The highest BCUT2D eigenvalue weighted by atomic mass is 35.5. The lowest BCUT2D eigenvalue weighted by Gasteiger charge is -2.46. The predicted octanol–water partition coefficient (Wildman–Crippen LogP) is 5.35. The molecule has 47 heavy (non-hydrogen) atoms. The van der Waals surface area contributed by atoms with Crippen molar-refractivity contribution in [2.45, 2.75) is 68.3 Å². The molecular weight excluding hydrogens is 638 g/mol. The Morgan fingerprint density at radius 2 is 2.00 bits per heavy atom. The van der Waals surface area contributed by atoms with Gasteiger partial charge in [-0.05, 0) is 97.7 Å². The van der Waals surface area contributed by atoms with Crippen molar-refractivity contribution in [2.24, 2.45) is 23.7 Å². The van der Waals surface area contributed by atoms with Crippen molar-refractivity contribution in [3.63, 3.8) is 0 Å². The summed E-state index contributed by atoms with van der Waals surface area (Å²) >= 11 is 6.42. The van der Waals surface area contributed by atoms with Gasteiger partial charge in [-0.25, -0.2) is 13.1 Å². The van der Waals surface area contributed by atoms with Crippen molar-refractivity contribution in [3.05, 3.63) is 64.7 Å². The minimum Gasteiger partial charge on any atom is -0.490 e. The highest BCUT2D eigenvalue weighted by Crippen LogP contribution is 2.47. The topological polar surface area (TPSA) is 105 Å². The summed E-state index contributed by atoms with van der Waals surface area (Å²) in [7, 11) is 0.744. The maximum atomic E-state index is 13.8. The van der Waals surface area contributed by atoms with Crippen LogP contribution in [0.1, 0.15) is 56.6 Å².